The fourth-order valence-electron chi connectivity index (χ4n) is 3.50. The number of hydrogen-bond acceptors (Lipinski definition) is 8. The summed E-state index contributed by atoms with van der Waals surface area (Å²) < 4.78 is 84.4. The third kappa shape index (κ3) is 4.92. The molecule has 1 atom stereocenters. The molecule has 0 saturated heterocycles. The van der Waals surface area contributed by atoms with Gasteiger partial charge in [0.2, 0.25) is 0 Å². The van der Waals surface area contributed by atoms with E-state index >= 15 is 0 Å². The molecule has 0 N–H and O–H groups in total. The second-order valence-electron chi connectivity index (χ2n) is 7.91. The van der Waals surface area contributed by atoms with E-state index < -0.39 is 53.5 Å². The van der Waals surface area contributed by atoms with E-state index in [2.05, 4.69) is 14.4 Å². The van der Waals surface area contributed by atoms with Gasteiger partial charge in [-0.15, -0.1) is 5.10 Å². The van der Waals surface area contributed by atoms with Gasteiger partial charge in [0, 0.05) is 16.8 Å². The predicted octanol–water partition coefficient (Wildman–Crippen LogP) is 3.74. The molecule has 0 amide bonds. The van der Waals surface area contributed by atoms with E-state index in [-0.39, 0.29) is 17.1 Å². The number of sulfone groups is 1. The third-order valence-corrected chi connectivity index (χ3v) is 9.60. The number of pyridine rings is 2. The number of nitrogens with zero attached hydrogens (tertiary/aromatic N) is 6. The number of benzene rings is 1. The monoisotopic (exact) mass is 564 g/mol. The van der Waals surface area contributed by atoms with Crippen LogP contribution in [0.15, 0.2) is 73.8 Å². The van der Waals surface area contributed by atoms with E-state index in [0.717, 1.165) is 24.4 Å². The van der Waals surface area contributed by atoms with Crippen LogP contribution in [-0.4, -0.2) is 43.3 Å². The van der Waals surface area contributed by atoms with Gasteiger partial charge in [-0.05, 0) is 42.5 Å². The van der Waals surface area contributed by atoms with Gasteiger partial charge in [0.25, 0.3) is 0 Å². The van der Waals surface area contributed by atoms with Crippen LogP contribution < -0.4 is 5.69 Å². The van der Waals surface area contributed by atoms with Gasteiger partial charge in [0.05, 0.1) is 44.6 Å². The molecule has 3 heterocycles. The molecule has 10 nitrogen and oxygen atoms in total. The molecular formula is C23H19F3N6O4S2. The number of alkyl halides is 3. The molecular weight excluding hydrogens is 545 g/mol. The minimum Gasteiger partial charge on any atom is -0.249 e. The Morgan fingerprint density at radius 1 is 1.05 bits per heavy atom. The molecule has 1 aromatic carbocycles. The van der Waals surface area contributed by atoms with Crippen LogP contribution in [0.3, 0.4) is 0 Å². The first-order chi connectivity index (χ1) is 17.8. The summed E-state index contributed by atoms with van der Waals surface area (Å²) in [4.78, 5) is 16.9. The number of rotatable bonds is 6. The van der Waals surface area contributed by atoms with E-state index in [4.69, 9.17) is 5.26 Å². The summed E-state index contributed by atoms with van der Waals surface area (Å²) in [7, 11) is -7.15. The molecule has 0 bridgehead atoms. The highest BCUT2D eigenvalue weighted by Gasteiger charge is 2.32. The van der Waals surface area contributed by atoms with Gasteiger partial charge in [0.15, 0.2) is 21.3 Å². The summed E-state index contributed by atoms with van der Waals surface area (Å²) in [6, 6.07) is 10.7. The highest BCUT2D eigenvalue weighted by molar-refractivity contribution is 7.93. The molecule has 0 spiro atoms. The zero-order valence-corrected chi connectivity index (χ0v) is 21.5. The van der Waals surface area contributed by atoms with Crippen molar-refractivity contribution in [2.75, 3.05) is 11.5 Å². The lowest BCUT2D eigenvalue weighted by Crippen LogP contribution is -2.23. The van der Waals surface area contributed by atoms with Gasteiger partial charge in [0.1, 0.15) is 4.90 Å². The van der Waals surface area contributed by atoms with Crippen molar-refractivity contribution in [2.24, 2.45) is 4.36 Å². The number of fused-ring (bicyclic) bond motifs is 1. The van der Waals surface area contributed by atoms with Crippen LogP contribution in [0.25, 0.3) is 11.5 Å². The Labute approximate surface area is 215 Å². The number of aromatic nitrogens is 4. The Balaban J connectivity index is 1.93. The minimum atomic E-state index is -4.71. The zero-order chi connectivity index (χ0) is 27.9. The summed E-state index contributed by atoms with van der Waals surface area (Å²) in [5.41, 5.74) is -2.02. The highest BCUT2D eigenvalue weighted by atomic mass is 32.2. The maximum absolute atomic E-state index is 13.6. The van der Waals surface area contributed by atoms with Crippen molar-refractivity contribution >= 4 is 30.9 Å². The molecule has 0 radical (unpaired) electrons. The van der Waals surface area contributed by atoms with Crippen molar-refractivity contribution in [3.05, 3.63) is 76.5 Å². The first-order valence-electron chi connectivity index (χ1n) is 11.0. The van der Waals surface area contributed by atoms with E-state index in [1.54, 1.807) is 6.92 Å². The van der Waals surface area contributed by atoms with E-state index in [0.29, 0.717) is 25.7 Å². The zero-order valence-electron chi connectivity index (χ0n) is 19.9. The summed E-state index contributed by atoms with van der Waals surface area (Å²) in [6.45, 7) is 2.98. The summed E-state index contributed by atoms with van der Waals surface area (Å²) in [5, 5.41) is 13.0. The first-order valence-corrected chi connectivity index (χ1v) is 14.3. The Bertz CT molecular complexity index is 1880. The molecule has 0 fully saturated rings. The highest BCUT2D eigenvalue weighted by Crippen LogP contribution is 2.30. The van der Waals surface area contributed by atoms with Gasteiger partial charge >= 0.3 is 11.9 Å². The van der Waals surface area contributed by atoms with Crippen molar-refractivity contribution in [1.82, 2.24) is 19.2 Å². The molecule has 198 valence electrons. The second kappa shape index (κ2) is 9.69. The third-order valence-electron chi connectivity index (χ3n) is 5.57. The quantitative estimate of drug-likeness (QED) is 0.348. The first kappa shape index (κ1) is 27.0. The average Bonchev–Trinajstić information content (AvgIpc) is 3.23. The lowest BCUT2D eigenvalue weighted by Gasteiger charge is -2.11. The van der Waals surface area contributed by atoms with E-state index in [1.165, 1.54) is 31.2 Å². The Morgan fingerprint density at radius 3 is 2.32 bits per heavy atom. The smallest absolute Gasteiger partial charge is 0.249 e. The Kier molecular flexibility index (Phi) is 6.89. The number of hydrogen-bond donors (Lipinski definition) is 0. The molecule has 4 aromatic rings. The fraction of sp³-hybridized carbons (Fsp3) is 0.217. The molecule has 3 aromatic heterocycles. The average molecular weight is 565 g/mol. The second-order valence-corrected chi connectivity index (χ2v) is 12.7. The maximum atomic E-state index is 13.6. The van der Waals surface area contributed by atoms with Crippen molar-refractivity contribution in [2.45, 2.75) is 29.8 Å². The molecule has 0 saturated carbocycles. The van der Waals surface area contributed by atoms with Crippen LogP contribution in [0.4, 0.5) is 18.9 Å². The number of halogens is 3. The van der Waals surface area contributed by atoms with Crippen molar-refractivity contribution < 1.29 is 25.8 Å². The molecule has 38 heavy (non-hydrogen) atoms. The lowest BCUT2D eigenvalue weighted by atomic mass is 10.2. The molecule has 0 aliphatic carbocycles. The van der Waals surface area contributed by atoms with E-state index in [1.807, 2.05) is 6.07 Å². The number of nitriles is 1. The lowest BCUT2D eigenvalue weighted by molar-refractivity contribution is -0.137. The summed E-state index contributed by atoms with van der Waals surface area (Å²) in [6.07, 6.45) is -3.05. The Morgan fingerprint density at radius 2 is 1.74 bits per heavy atom. The topological polar surface area (TPSA) is 140 Å². The SMILES string of the molecule is CCS(=O)(=O)c1cc(N=S(=O)(CC)c2ccc(C#N)cc2)cnc1-n1nc2ccc(C(F)(F)F)cn2c1=O. The molecule has 1 unspecified atom stereocenters. The van der Waals surface area contributed by atoms with E-state index in [9.17, 15) is 30.6 Å². The minimum absolute atomic E-state index is 0.0595. The van der Waals surface area contributed by atoms with Crippen LogP contribution in [0, 0.1) is 11.3 Å². The molecule has 0 aliphatic heterocycles. The normalized spacial score (nSPS) is 13.7. The van der Waals surface area contributed by atoms with Gasteiger partial charge < -0.3 is 0 Å². The van der Waals surface area contributed by atoms with Crippen LogP contribution in [0.5, 0.6) is 0 Å². The standard InChI is InChI=1S/C23H19F3N6O4S2/c1-3-37(34,18-8-5-15(12-27)6-9-18)30-17-11-19(38(35,36)4-2)21(28-13-17)32-22(33)31-14-16(23(24,25)26)7-10-20(31)29-32/h5-11,13-14H,3-4H2,1-2H3. The van der Waals surface area contributed by atoms with Crippen LogP contribution in [-0.2, 0) is 25.7 Å². The van der Waals surface area contributed by atoms with Crippen LogP contribution in [0.1, 0.15) is 25.0 Å². The van der Waals surface area contributed by atoms with Crippen molar-refractivity contribution in [3.8, 4) is 11.9 Å². The van der Waals surface area contributed by atoms with Crippen molar-refractivity contribution in [3.63, 3.8) is 0 Å². The fourth-order valence-corrected chi connectivity index (χ4v) is 6.10. The summed E-state index contributed by atoms with van der Waals surface area (Å²) >= 11 is 0. The van der Waals surface area contributed by atoms with Crippen LogP contribution >= 0.6 is 0 Å². The maximum Gasteiger partial charge on any atom is 0.417 e. The van der Waals surface area contributed by atoms with Crippen LogP contribution in [0.2, 0.25) is 0 Å². The predicted molar refractivity (Wildman–Crippen MR) is 132 cm³/mol. The van der Waals surface area contributed by atoms with Crippen molar-refractivity contribution in [1.29, 1.82) is 5.26 Å². The van der Waals surface area contributed by atoms with Gasteiger partial charge in [-0.25, -0.2) is 26.8 Å². The largest absolute Gasteiger partial charge is 0.417 e. The van der Waals surface area contributed by atoms with Gasteiger partial charge in [-0.1, -0.05) is 13.8 Å². The van der Waals surface area contributed by atoms with Gasteiger partial charge in [-0.2, -0.15) is 27.5 Å². The molecule has 0 aliphatic rings. The Hall–Kier alpha value is -4.03. The van der Waals surface area contributed by atoms with Gasteiger partial charge in [-0.3, -0.25) is 0 Å². The molecule has 4 rings (SSSR count). The summed E-state index contributed by atoms with van der Waals surface area (Å²) in [5.74, 6) is -0.775. The molecule has 15 heteroatoms.